The zero-order valence-electron chi connectivity index (χ0n) is 20.2. The minimum atomic E-state index is -0.907. The van der Waals surface area contributed by atoms with Crippen molar-refractivity contribution in [2.24, 2.45) is 0 Å². The molecule has 6 rings (SSSR count). The Balaban J connectivity index is 1.37. The average Bonchev–Trinajstić information content (AvgIpc) is 3.66. The molecule has 0 amide bonds. The molecule has 0 radical (unpaired) electrons. The summed E-state index contributed by atoms with van der Waals surface area (Å²) in [5, 5.41) is 3.41. The number of rotatable bonds is 8. The van der Waals surface area contributed by atoms with E-state index in [1.165, 1.54) is 16.8 Å². The Bertz CT molecular complexity index is 1440. The highest BCUT2D eigenvalue weighted by Gasteiger charge is 2.57. The number of morpholine rings is 1. The second-order valence-corrected chi connectivity index (χ2v) is 9.25. The van der Waals surface area contributed by atoms with E-state index in [0.29, 0.717) is 0 Å². The number of methoxy groups -OCH3 is 1. The van der Waals surface area contributed by atoms with Crippen LogP contribution in [-0.4, -0.2) is 41.5 Å². The van der Waals surface area contributed by atoms with Gasteiger partial charge >= 0.3 is 5.69 Å². The number of hydrogen-bond acceptors (Lipinski definition) is 6. The van der Waals surface area contributed by atoms with E-state index in [2.05, 4.69) is 34.6 Å². The number of H-pyrrole nitrogens is 1. The van der Waals surface area contributed by atoms with E-state index in [1.807, 2.05) is 60.7 Å². The number of nitrogens with one attached hydrogen (secondary N) is 2. The van der Waals surface area contributed by atoms with Crippen LogP contribution in [-0.2, 0) is 15.1 Å². The SMILES string of the molecule is COc1ccc(C(OC[C@H]2O[C@@H](n3ccc(=O)[nH]c3=O)[C@@H]3N[C@@H]32)(c2ccccc2)c2ccccc2)cc1. The minimum absolute atomic E-state index is 0.0268. The summed E-state index contributed by atoms with van der Waals surface area (Å²) in [6, 6.07) is 29.5. The molecule has 0 bridgehead atoms. The molecule has 8 heteroatoms. The van der Waals surface area contributed by atoms with Crippen molar-refractivity contribution in [3.63, 3.8) is 0 Å². The monoisotopic (exact) mass is 497 g/mol. The Hall–Kier alpha value is -3.98. The molecule has 3 heterocycles. The molecule has 0 unspecified atom stereocenters. The summed E-state index contributed by atoms with van der Waals surface area (Å²) in [5.41, 5.74) is 1.09. The molecular formula is C29H27N3O5. The molecule has 3 aromatic carbocycles. The summed E-state index contributed by atoms with van der Waals surface area (Å²) < 4.78 is 20.1. The van der Waals surface area contributed by atoms with Crippen LogP contribution in [0.4, 0.5) is 0 Å². The van der Waals surface area contributed by atoms with Crippen LogP contribution < -0.4 is 21.3 Å². The zero-order valence-corrected chi connectivity index (χ0v) is 20.2. The number of nitrogens with zero attached hydrogens (tertiary/aromatic N) is 1. The van der Waals surface area contributed by atoms with Crippen molar-refractivity contribution in [2.75, 3.05) is 13.7 Å². The summed E-state index contributed by atoms with van der Waals surface area (Å²) in [5.74, 6) is 0.761. The molecule has 4 aromatic rings. The van der Waals surface area contributed by atoms with E-state index in [0.717, 1.165) is 22.4 Å². The molecule has 4 atom stereocenters. The largest absolute Gasteiger partial charge is 0.497 e. The van der Waals surface area contributed by atoms with Crippen LogP contribution in [0.1, 0.15) is 22.9 Å². The maximum absolute atomic E-state index is 12.4. The Labute approximate surface area is 213 Å². The third kappa shape index (κ3) is 4.19. The van der Waals surface area contributed by atoms with Crippen LogP contribution in [0.15, 0.2) is 107 Å². The van der Waals surface area contributed by atoms with Gasteiger partial charge in [-0.25, -0.2) is 4.79 Å². The molecule has 1 aromatic heterocycles. The van der Waals surface area contributed by atoms with Gasteiger partial charge in [0.15, 0.2) is 6.23 Å². The molecule has 2 fully saturated rings. The molecule has 2 N–H and O–H groups in total. The average molecular weight is 498 g/mol. The molecule has 188 valence electrons. The first-order chi connectivity index (χ1) is 18.1. The van der Waals surface area contributed by atoms with E-state index >= 15 is 0 Å². The molecule has 2 aliphatic rings. The maximum Gasteiger partial charge on any atom is 0.330 e. The highest BCUT2D eigenvalue weighted by atomic mass is 16.6. The van der Waals surface area contributed by atoms with Crippen LogP contribution in [0.3, 0.4) is 0 Å². The van der Waals surface area contributed by atoms with Crippen molar-refractivity contribution < 1.29 is 14.2 Å². The predicted octanol–water partition coefficient (Wildman–Crippen LogP) is 2.79. The van der Waals surface area contributed by atoms with Crippen LogP contribution in [0.2, 0.25) is 0 Å². The molecule has 8 nitrogen and oxygen atoms in total. The number of benzene rings is 3. The molecule has 0 saturated carbocycles. The van der Waals surface area contributed by atoms with Crippen molar-refractivity contribution in [2.45, 2.75) is 30.0 Å². The van der Waals surface area contributed by atoms with Gasteiger partial charge in [-0.05, 0) is 28.8 Å². The van der Waals surface area contributed by atoms with Crippen LogP contribution >= 0.6 is 0 Å². The van der Waals surface area contributed by atoms with E-state index in [9.17, 15) is 9.59 Å². The van der Waals surface area contributed by atoms with Gasteiger partial charge in [-0.1, -0.05) is 72.8 Å². The van der Waals surface area contributed by atoms with E-state index in [1.54, 1.807) is 7.11 Å². The van der Waals surface area contributed by atoms with Gasteiger partial charge < -0.3 is 19.5 Å². The third-order valence-corrected chi connectivity index (χ3v) is 7.13. The predicted molar refractivity (Wildman–Crippen MR) is 138 cm³/mol. The second kappa shape index (κ2) is 9.48. The van der Waals surface area contributed by atoms with Crippen molar-refractivity contribution in [1.82, 2.24) is 14.9 Å². The Morgan fingerprint density at radius 2 is 1.46 bits per heavy atom. The number of fused-ring (bicyclic) bond motifs is 1. The van der Waals surface area contributed by atoms with E-state index in [4.69, 9.17) is 14.2 Å². The fourth-order valence-corrected chi connectivity index (χ4v) is 5.25. The molecular weight excluding hydrogens is 470 g/mol. The lowest BCUT2D eigenvalue weighted by atomic mass is 9.80. The molecule has 37 heavy (non-hydrogen) atoms. The van der Waals surface area contributed by atoms with Gasteiger partial charge in [0.25, 0.3) is 5.56 Å². The maximum atomic E-state index is 12.4. The lowest BCUT2D eigenvalue weighted by molar-refractivity contribution is -0.0896. The lowest BCUT2D eigenvalue weighted by Crippen LogP contribution is -2.39. The number of aromatic nitrogens is 2. The standard InChI is InChI=1S/C29H27N3O5/c1-35-22-14-12-21(13-15-22)29(19-8-4-2-5-9-19,20-10-6-3-7-11-20)36-18-23-25-26(31-25)27(37-23)32-17-16-24(33)30-28(32)34/h2-17,23,25-27,31H,18H2,1H3,(H,30,33,34)/t23-,25-,26-,27-/m1/s1. The normalized spacial score (nSPS) is 22.4. The van der Waals surface area contributed by atoms with Gasteiger partial charge in [-0.3, -0.25) is 14.3 Å². The van der Waals surface area contributed by atoms with Crippen LogP contribution in [0.25, 0.3) is 0 Å². The summed E-state index contributed by atoms with van der Waals surface area (Å²) >= 11 is 0. The summed E-state index contributed by atoms with van der Waals surface area (Å²) in [6.07, 6.45) is 0.660. The summed E-state index contributed by atoms with van der Waals surface area (Å²) in [7, 11) is 1.65. The Kier molecular flexibility index (Phi) is 6.00. The van der Waals surface area contributed by atoms with Gasteiger partial charge in [0.05, 0.1) is 25.8 Å². The van der Waals surface area contributed by atoms with E-state index < -0.39 is 23.1 Å². The Morgan fingerprint density at radius 1 is 0.838 bits per heavy atom. The third-order valence-electron chi connectivity index (χ3n) is 7.13. The highest BCUT2D eigenvalue weighted by Crippen LogP contribution is 2.43. The Morgan fingerprint density at radius 3 is 2.05 bits per heavy atom. The lowest BCUT2D eigenvalue weighted by Gasteiger charge is -2.37. The molecule has 0 aliphatic carbocycles. The van der Waals surface area contributed by atoms with Gasteiger partial charge in [-0.15, -0.1) is 0 Å². The molecule has 2 aliphatic heterocycles. The molecule has 0 spiro atoms. The quantitative estimate of drug-likeness (QED) is 0.287. The summed E-state index contributed by atoms with van der Waals surface area (Å²) in [4.78, 5) is 26.2. The fraction of sp³-hybridized carbons (Fsp3) is 0.241. The number of aromatic amines is 1. The topological polar surface area (TPSA) is 104 Å². The van der Waals surface area contributed by atoms with Gasteiger partial charge in [0.2, 0.25) is 0 Å². The minimum Gasteiger partial charge on any atom is -0.497 e. The highest BCUT2D eigenvalue weighted by molar-refractivity contribution is 5.48. The first-order valence-corrected chi connectivity index (χ1v) is 12.2. The zero-order chi connectivity index (χ0) is 25.4. The first-order valence-electron chi connectivity index (χ1n) is 12.2. The smallest absolute Gasteiger partial charge is 0.330 e. The van der Waals surface area contributed by atoms with Crippen LogP contribution in [0, 0.1) is 0 Å². The number of hydrogen-bond donors (Lipinski definition) is 2. The van der Waals surface area contributed by atoms with Gasteiger partial charge in [0.1, 0.15) is 17.5 Å². The summed E-state index contributed by atoms with van der Waals surface area (Å²) in [6.45, 7) is 0.276. The van der Waals surface area contributed by atoms with Crippen molar-refractivity contribution in [1.29, 1.82) is 0 Å². The van der Waals surface area contributed by atoms with Crippen molar-refractivity contribution >= 4 is 0 Å². The van der Waals surface area contributed by atoms with Crippen LogP contribution in [0.5, 0.6) is 5.75 Å². The van der Waals surface area contributed by atoms with Crippen molar-refractivity contribution in [3.8, 4) is 5.75 Å². The second-order valence-electron chi connectivity index (χ2n) is 9.25. The van der Waals surface area contributed by atoms with Gasteiger partial charge in [0, 0.05) is 12.3 Å². The number of ether oxygens (including phenoxy) is 3. The van der Waals surface area contributed by atoms with Crippen molar-refractivity contribution in [3.05, 3.63) is 135 Å². The van der Waals surface area contributed by atoms with Gasteiger partial charge in [-0.2, -0.15) is 0 Å². The van der Waals surface area contributed by atoms with E-state index in [-0.39, 0.29) is 24.8 Å². The first kappa shape index (κ1) is 23.4. The fourth-order valence-electron chi connectivity index (χ4n) is 5.25. The molecule has 2 saturated heterocycles.